The zero-order valence-electron chi connectivity index (χ0n) is 13.9. The minimum absolute atomic E-state index is 0. The van der Waals surface area contributed by atoms with Gasteiger partial charge in [0.25, 0.3) is 0 Å². The molecule has 5 heteroatoms. The topological polar surface area (TPSA) is 42.5 Å². The number of halogens is 1. The Hall–Kier alpha value is 0.130. The van der Waals surface area contributed by atoms with Gasteiger partial charge in [-0.2, -0.15) is 0 Å². The SMILES string of the molecule is COC1CCC(CNC2CCCC2C2COCCN2)CC1.Cl. The van der Waals surface area contributed by atoms with Crippen LogP contribution in [0.15, 0.2) is 0 Å². The lowest BCUT2D eigenvalue weighted by atomic mass is 9.86. The molecule has 0 aromatic rings. The number of nitrogens with one attached hydrogen (secondary N) is 2. The van der Waals surface area contributed by atoms with Gasteiger partial charge in [0, 0.05) is 25.7 Å². The molecule has 0 spiro atoms. The maximum atomic E-state index is 5.66. The molecule has 0 radical (unpaired) electrons. The van der Waals surface area contributed by atoms with Crippen molar-refractivity contribution < 1.29 is 9.47 Å². The van der Waals surface area contributed by atoms with E-state index in [4.69, 9.17) is 9.47 Å². The molecule has 130 valence electrons. The Labute approximate surface area is 141 Å². The third-order valence-electron chi connectivity index (χ3n) is 5.83. The Morgan fingerprint density at radius 3 is 2.64 bits per heavy atom. The second kappa shape index (κ2) is 9.43. The first-order valence-electron chi connectivity index (χ1n) is 8.94. The zero-order chi connectivity index (χ0) is 14.5. The smallest absolute Gasteiger partial charge is 0.0623 e. The summed E-state index contributed by atoms with van der Waals surface area (Å²) in [4.78, 5) is 0. The highest BCUT2D eigenvalue weighted by atomic mass is 35.5. The van der Waals surface area contributed by atoms with Gasteiger partial charge in [0.1, 0.15) is 0 Å². The summed E-state index contributed by atoms with van der Waals surface area (Å²) < 4.78 is 11.1. The van der Waals surface area contributed by atoms with Gasteiger partial charge in [-0.3, -0.25) is 0 Å². The van der Waals surface area contributed by atoms with Gasteiger partial charge in [-0.15, -0.1) is 12.4 Å². The van der Waals surface area contributed by atoms with Crippen LogP contribution in [-0.2, 0) is 9.47 Å². The summed E-state index contributed by atoms with van der Waals surface area (Å²) in [5.41, 5.74) is 0. The number of hydrogen-bond donors (Lipinski definition) is 2. The number of rotatable bonds is 5. The quantitative estimate of drug-likeness (QED) is 0.811. The summed E-state index contributed by atoms with van der Waals surface area (Å²) in [6, 6.07) is 1.27. The average Bonchev–Trinajstić information content (AvgIpc) is 3.03. The third-order valence-corrected chi connectivity index (χ3v) is 5.83. The van der Waals surface area contributed by atoms with Crippen molar-refractivity contribution in [3.8, 4) is 0 Å². The molecule has 22 heavy (non-hydrogen) atoms. The van der Waals surface area contributed by atoms with E-state index in [0.717, 1.165) is 31.6 Å². The van der Waals surface area contributed by atoms with Crippen molar-refractivity contribution in [3.05, 3.63) is 0 Å². The molecule has 4 nitrogen and oxygen atoms in total. The van der Waals surface area contributed by atoms with Gasteiger partial charge in [0.05, 0.1) is 19.3 Å². The Morgan fingerprint density at radius 1 is 1.14 bits per heavy atom. The third kappa shape index (κ3) is 4.81. The minimum Gasteiger partial charge on any atom is -0.381 e. The molecular weight excluding hydrogens is 300 g/mol. The van der Waals surface area contributed by atoms with Crippen LogP contribution < -0.4 is 10.6 Å². The lowest BCUT2D eigenvalue weighted by molar-refractivity contribution is 0.0485. The van der Waals surface area contributed by atoms with Crippen molar-refractivity contribution in [2.75, 3.05) is 33.4 Å². The molecule has 2 aliphatic carbocycles. The molecule has 0 aromatic carbocycles. The average molecular weight is 333 g/mol. The van der Waals surface area contributed by atoms with Crippen LogP contribution in [0.5, 0.6) is 0 Å². The predicted molar refractivity (Wildman–Crippen MR) is 91.7 cm³/mol. The van der Waals surface area contributed by atoms with Crippen molar-refractivity contribution in [2.24, 2.45) is 11.8 Å². The van der Waals surface area contributed by atoms with Gasteiger partial charge in [-0.25, -0.2) is 0 Å². The summed E-state index contributed by atoms with van der Waals surface area (Å²) in [5, 5.41) is 7.56. The van der Waals surface area contributed by atoms with Gasteiger partial charge in [0.15, 0.2) is 0 Å². The molecule has 2 N–H and O–H groups in total. The van der Waals surface area contributed by atoms with E-state index in [1.54, 1.807) is 0 Å². The fourth-order valence-corrected chi connectivity index (χ4v) is 4.47. The number of morpholine rings is 1. The fourth-order valence-electron chi connectivity index (χ4n) is 4.47. The van der Waals surface area contributed by atoms with E-state index in [9.17, 15) is 0 Å². The number of hydrogen-bond acceptors (Lipinski definition) is 4. The molecule has 0 aromatic heterocycles. The molecule has 3 atom stereocenters. The Balaban J connectivity index is 0.00000176. The van der Waals surface area contributed by atoms with E-state index < -0.39 is 0 Å². The molecule has 0 amide bonds. The fraction of sp³-hybridized carbons (Fsp3) is 1.00. The van der Waals surface area contributed by atoms with Gasteiger partial charge in [-0.1, -0.05) is 6.42 Å². The summed E-state index contributed by atoms with van der Waals surface area (Å²) in [5.74, 6) is 1.62. The van der Waals surface area contributed by atoms with Crippen LogP contribution in [0.2, 0.25) is 0 Å². The van der Waals surface area contributed by atoms with Crippen molar-refractivity contribution in [2.45, 2.75) is 63.1 Å². The highest BCUT2D eigenvalue weighted by molar-refractivity contribution is 5.85. The Morgan fingerprint density at radius 2 is 1.95 bits per heavy atom. The molecule has 1 aliphatic heterocycles. The summed E-state index contributed by atoms with van der Waals surface area (Å²) in [7, 11) is 1.85. The molecule has 1 heterocycles. The monoisotopic (exact) mass is 332 g/mol. The molecule has 3 fully saturated rings. The highest BCUT2D eigenvalue weighted by Gasteiger charge is 2.34. The van der Waals surface area contributed by atoms with Crippen LogP contribution in [-0.4, -0.2) is 51.6 Å². The maximum Gasteiger partial charge on any atom is 0.0623 e. The molecule has 0 bridgehead atoms. The number of ether oxygens (including phenoxy) is 2. The highest BCUT2D eigenvalue weighted by Crippen LogP contribution is 2.31. The Bertz CT molecular complexity index is 305. The minimum atomic E-state index is 0. The second-order valence-corrected chi connectivity index (χ2v) is 7.12. The van der Waals surface area contributed by atoms with Gasteiger partial charge in [-0.05, 0) is 56.9 Å². The predicted octanol–water partition coefficient (Wildman–Crippen LogP) is 2.36. The number of methoxy groups -OCH3 is 1. The lowest BCUT2D eigenvalue weighted by Gasteiger charge is -2.34. The summed E-state index contributed by atoms with van der Waals surface area (Å²) in [6.07, 6.45) is 9.73. The van der Waals surface area contributed by atoms with Crippen molar-refractivity contribution in [3.63, 3.8) is 0 Å². The first-order valence-corrected chi connectivity index (χ1v) is 8.94. The van der Waals surface area contributed by atoms with E-state index in [1.165, 1.54) is 51.5 Å². The maximum absolute atomic E-state index is 5.66. The largest absolute Gasteiger partial charge is 0.381 e. The van der Waals surface area contributed by atoms with Gasteiger partial charge >= 0.3 is 0 Å². The molecular formula is C17H33ClN2O2. The summed E-state index contributed by atoms with van der Waals surface area (Å²) >= 11 is 0. The van der Waals surface area contributed by atoms with Gasteiger partial charge < -0.3 is 20.1 Å². The molecule has 3 rings (SSSR count). The van der Waals surface area contributed by atoms with Crippen molar-refractivity contribution in [1.82, 2.24) is 10.6 Å². The van der Waals surface area contributed by atoms with Crippen LogP contribution in [0.4, 0.5) is 0 Å². The van der Waals surface area contributed by atoms with Crippen molar-refractivity contribution in [1.29, 1.82) is 0 Å². The Kier molecular flexibility index (Phi) is 7.92. The van der Waals surface area contributed by atoms with Crippen LogP contribution in [0.1, 0.15) is 44.9 Å². The molecule has 2 saturated carbocycles. The van der Waals surface area contributed by atoms with E-state index in [-0.39, 0.29) is 12.4 Å². The molecule has 1 saturated heterocycles. The van der Waals surface area contributed by atoms with Crippen LogP contribution >= 0.6 is 12.4 Å². The van der Waals surface area contributed by atoms with Gasteiger partial charge in [0.2, 0.25) is 0 Å². The van der Waals surface area contributed by atoms with E-state index in [0.29, 0.717) is 18.2 Å². The molecule has 3 unspecified atom stereocenters. The molecule has 3 aliphatic rings. The van der Waals surface area contributed by atoms with E-state index in [1.807, 2.05) is 7.11 Å². The second-order valence-electron chi connectivity index (χ2n) is 7.12. The van der Waals surface area contributed by atoms with Crippen molar-refractivity contribution >= 4 is 12.4 Å². The summed E-state index contributed by atoms with van der Waals surface area (Å²) in [6.45, 7) is 4.01. The standard InChI is InChI=1S/C17H32N2O2.ClH/c1-20-14-7-5-13(6-8-14)11-19-16-4-2-3-15(16)17-12-21-10-9-18-17;/h13-19H,2-12H2,1H3;1H. The van der Waals surface area contributed by atoms with E-state index >= 15 is 0 Å². The van der Waals surface area contributed by atoms with E-state index in [2.05, 4.69) is 10.6 Å². The zero-order valence-corrected chi connectivity index (χ0v) is 14.7. The first kappa shape index (κ1) is 18.5. The van der Waals surface area contributed by atoms with Crippen LogP contribution in [0.25, 0.3) is 0 Å². The van der Waals surface area contributed by atoms with Crippen LogP contribution in [0, 0.1) is 11.8 Å². The normalized spacial score (nSPS) is 39.4. The lowest BCUT2D eigenvalue weighted by Crippen LogP contribution is -2.51. The van der Waals surface area contributed by atoms with Crippen LogP contribution in [0.3, 0.4) is 0 Å². The first-order chi connectivity index (χ1) is 10.4.